The zero-order valence-corrected chi connectivity index (χ0v) is 11.4. The Morgan fingerprint density at radius 3 is 2.68 bits per heavy atom. The molecule has 5 nitrogen and oxygen atoms in total. The van der Waals surface area contributed by atoms with Crippen LogP contribution in [0, 0.1) is 5.82 Å². The highest BCUT2D eigenvalue weighted by Crippen LogP contribution is 2.22. The molecular formula is C12H13FN4OS. The van der Waals surface area contributed by atoms with E-state index in [4.69, 9.17) is 0 Å². The number of thioether (sulfide) groups is 1. The van der Waals surface area contributed by atoms with E-state index in [0.29, 0.717) is 11.0 Å². The summed E-state index contributed by atoms with van der Waals surface area (Å²) >= 11 is 1.30. The van der Waals surface area contributed by atoms with Gasteiger partial charge in [-0.05, 0) is 24.3 Å². The quantitative estimate of drug-likeness (QED) is 0.861. The number of carbonyl (C=O) groups is 1. The van der Waals surface area contributed by atoms with Crippen LogP contribution >= 0.6 is 11.8 Å². The zero-order valence-electron chi connectivity index (χ0n) is 10.6. The van der Waals surface area contributed by atoms with Crippen LogP contribution in [0.4, 0.5) is 4.39 Å². The standard InChI is InChI=1S/C12H13FN4OS/c1-14-10(18)7-19-12-16-15-11(17(12)2)8-3-5-9(13)6-4-8/h3-6H,7H2,1-2H3,(H,14,18). The van der Waals surface area contributed by atoms with Gasteiger partial charge >= 0.3 is 0 Å². The Kier molecular flexibility index (Phi) is 4.16. The predicted octanol–water partition coefficient (Wildman–Crippen LogP) is 1.46. The van der Waals surface area contributed by atoms with E-state index >= 15 is 0 Å². The van der Waals surface area contributed by atoms with E-state index < -0.39 is 0 Å². The SMILES string of the molecule is CNC(=O)CSc1nnc(-c2ccc(F)cc2)n1C. The molecule has 1 amide bonds. The molecule has 0 atom stereocenters. The lowest BCUT2D eigenvalue weighted by molar-refractivity contribution is -0.118. The van der Waals surface area contributed by atoms with Gasteiger partial charge in [-0.3, -0.25) is 4.79 Å². The van der Waals surface area contributed by atoms with Crippen LogP contribution in [0.5, 0.6) is 0 Å². The number of amides is 1. The molecule has 2 rings (SSSR count). The predicted molar refractivity (Wildman–Crippen MR) is 71.2 cm³/mol. The molecule has 100 valence electrons. The molecule has 0 fully saturated rings. The topological polar surface area (TPSA) is 59.8 Å². The van der Waals surface area contributed by atoms with Crippen molar-refractivity contribution in [2.24, 2.45) is 7.05 Å². The highest BCUT2D eigenvalue weighted by Gasteiger charge is 2.12. The van der Waals surface area contributed by atoms with Gasteiger partial charge in [-0.2, -0.15) is 0 Å². The third-order valence-electron chi connectivity index (χ3n) is 2.55. The van der Waals surface area contributed by atoms with Crippen LogP contribution < -0.4 is 5.32 Å². The molecule has 1 N–H and O–H groups in total. The zero-order chi connectivity index (χ0) is 13.8. The average Bonchev–Trinajstić information content (AvgIpc) is 2.78. The maximum Gasteiger partial charge on any atom is 0.230 e. The maximum absolute atomic E-state index is 12.9. The number of nitrogens with zero attached hydrogens (tertiary/aromatic N) is 3. The van der Waals surface area contributed by atoms with Crippen LogP contribution in [0.1, 0.15) is 0 Å². The van der Waals surface area contributed by atoms with Crippen molar-refractivity contribution in [3.05, 3.63) is 30.1 Å². The fourth-order valence-corrected chi connectivity index (χ4v) is 2.28. The highest BCUT2D eigenvalue weighted by molar-refractivity contribution is 7.99. The first-order chi connectivity index (χ1) is 9.11. The van der Waals surface area contributed by atoms with Crippen molar-refractivity contribution in [3.63, 3.8) is 0 Å². The van der Waals surface area contributed by atoms with Crippen LogP contribution in [0.3, 0.4) is 0 Å². The monoisotopic (exact) mass is 280 g/mol. The van der Waals surface area contributed by atoms with Crippen molar-refractivity contribution in [1.82, 2.24) is 20.1 Å². The molecule has 1 aromatic heterocycles. The Balaban J connectivity index is 2.18. The van der Waals surface area contributed by atoms with Crippen LogP contribution in [-0.2, 0) is 11.8 Å². The van der Waals surface area contributed by atoms with E-state index in [1.165, 1.54) is 23.9 Å². The van der Waals surface area contributed by atoms with Crippen LogP contribution in [0.2, 0.25) is 0 Å². The second-order valence-corrected chi connectivity index (χ2v) is 4.78. The van der Waals surface area contributed by atoms with Crippen molar-refractivity contribution in [2.45, 2.75) is 5.16 Å². The number of nitrogens with one attached hydrogen (secondary N) is 1. The molecular weight excluding hydrogens is 267 g/mol. The largest absolute Gasteiger partial charge is 0.358 e. The van der Waals surface area contributed by atoms with Gasteiger partial charge in [-0.15, -0.1) is 10.2 Å². The van der Waals surface area contributed by atoms with Gasteiger partial charge in [0, 0.05) is 19.7 Å². The van der Waals surface area contributed by atoms with Gasteiger partial charge in [-0.25, -0.2) is 4.39 Å². The Bertz CT molecular complexity index is 582. The van der Waals surface area contributed by atoms with Gasteiger partial charge in [0.1, 0.15) is 5.82 Å². The molecule has 0 aliphatic heterocycles. The fourth-order valence-electron chi connectivity index (χ4n) is 1.49. The second-order valence-electron chi connectivity index (χ2n) is 3.83. The molecule has 0 saturated carbocycles. The molecule has 0 bridgehead atoms. The van der Waals surface area contributed by atoms with Gasteiger partial charge in [0.2, 0.25) is 5.91 Å². The third kappa shape index (κ3) is 3.11. The summed E-state index contributed by atoms with van der Waals surface area (Å²) in [5.41, 5.74) is 0.781. The van der Waals surface area contributed by atoms with E-state index in [9.17, 15) is 9.18 Å². The minimum atomic E-state index is -0.292. The van der Waals surface area contributed by atoms with Gasteiger partial charge in [0.15, 0.2) is 11.0 Å². The molecule has 0 unspecified atom stereocenters. The lowest BCUT2D eigenvalue weighted by Crippen LogP contribution is -2.20. The van der Waals surface area contributed by atoms with Gasteiger partial charge in [0.05, 0.1) is 5.75 Å². The number of carbonyl (C=O) groups excluding carboxylic acids is 1. The first-order valence-corrected chi connectivity index (χ1v) is 6.59. The fraction of sp³-hybridized carbons (Fsp3) is 0.250. The van der Waals surface area contributed by atoms with Crippen molar-refractivity contribution >= 4 is 17.7 Å². The minimum Gasteiger partial charge on any atom is -0.358 e. The van der Waals surface area contributed by atoms with Crippen LogP contribution in [-0.4, -0.2) is 33.5 Å². The van der Waals surface area contributed by atoms with Crippen LogP contribution in [0.25, 0.3) is 11.4 Å². The van der Waals surface area contributed by atoms with Crippen molar-refractivity contribution in [1.29, 1.82) is 0 Å². The minimum absolute atomic E-state index is 0.0728. The number of rotatable bonds is 4. The smallest absolute Gasteiger partial charge is 0.230 e. The Hall–Kier alpha value is -1.89. The van der Waals surface area contributed by atoms with E-state index in [2.05, 4.69) is 15.5 Å². The van der Waals surface area contributed by atoms with Crippen LogP contribution in [0.15, 0.2) is 29.4 Å². The van der Waals surface area contributed by atoms with E-state index in [1.807, 2.05) is 7.05 Å². The Morgan fingerprint density at radius 2 is 2.05 bits per heavy atom. The molecule has 1 heterocycles. The Morgan fingerprint density at radius 1 is 1.37 bits per heavy atom. The second kappa shape index (κ2) is 5.83. The summed E-state index contributed by atoms with van der Waals surface area (Å²) in [6, 6.07) is 6.04. The van der Waals surface area contributed by atoms with E-state index in [-0.39, 0.29) is 17.5 Å². The average molecular weight is 280 g/mol. The molecule has 0 saturated heterocycles. The first-order valence-electron chi connectivity index (χ1n) is 5.60. The summed E-state index contributed by atoms with van der Waals surface area (Å²) in [7, 11) is 3.40. The molecule has 0 spiro atoms. The van der Waals surface area contributed by atoms with Crippen molar-refractivity contribution < 1.29 is 9.18 Å². The number of hydrogen-bond acceptors (Lipinski definition) is 4. The third-order valence-corrected chi connectivity index (χ3v) is 3.57. The van der Waals surface area contributed by atoms with Crippen molar-refractivity contribution in [2.75, 3.05) is 12.8 Å². The molecule has 2 aromatic rings. The van der Waals surface area contributed by atoms with Crippen molar-refractivity contribution in [3.8, 4) is 11.4 Å². The lowest BCUT2D eigenvalue weighted by atomic mass is 10.2. The summed E-state index contributed by atoms with van der Waals surface area (Å²) in [4.78, 5) is 11.2. The maximum atomic E-state index is 12.9. The molecule has 19 heavy (non-hydrogen) atoms. The summed E-state index contributed by atoms with van der Waals surface area (Å²) in [6.07, 6.45) is 0. The number of aromatic nitrogens is 3. The number of benzene rings is 1. The van der Waals surface area contributed by atoms with E-state index in [1.54, 1.807) is 23.7 Å². The summed E-state index contributed by atoms with van der Waals surface area (Å²) in [5.74, 6) is 0.558. The van der Waals surface area contributed by atoms with Gasteiger partial charge in [0.25, 0.3) is 0 Å². The molecule has 0 aliphatic rings. The summed E-state index contributed by atoms with van der Waals surface area (Å²) < 4.78 is 14.6. The van der Waals surface area contributed by atoms with Gasteiger partial charge in [-0.1, -0.05) is 11.8 Å². The summed E-state index contributed by atoms with van der Waals surface area (Å²) in [5, 5.41) is 11.3. The van der Waals surface area contributed by atoms with Gasteiger partial charge < -0.3 is 9.88 Å². The molecule has 1 aromatic carbocycles. The first kappa shape index (κ1) is 13.5. The molecule has 0 radical (unpaired) electrons. The lowest BCUT2D eigenvalue weighted by Gasteiger charge is -2.03. The number of halogens is 1. The molecule has 7 heteroatoms. The highest BCUT2D eigenvalue weighted by atomic mass is 32.2. The number of hydrogen-bond donors (Lipinski definition) is 1. The summed E-state index contributed by atoms with van der Waals surface area (Å²) in [6.45, 7) is 0. The Labute approximate surface area is 114 Å². The normalized spacial score (nSPS) is 10.5. The van der Waals surface area contributed by atoms with E-state index in [0.717, 1.165) is 5.56 Å². The molecule has 0 aliphatic carbocycles.